The molecule has 2 aromatic carbocycles. The van der Waals surface area contributed by atoms with Crippen LogP contribution in [-0.2, 0) is 9.53 Å². The molecule has 3 aromatic rings. The first-order valence-corrected chi connectivity index (χ1v) is 8.97. The molecule has 10 nitrogen and oxygen atoms in total. The first kappa shape index (κ1) is 20.3. The Hall–Kier alpha value is -4.02. The lowest BCUT2D eigenvalue weighted by Gasteiger charge is -2.30. The molecule has 0 radical (unpaired) electrons. The highest BCUT2D eigenvalue weighted by Crippen LogP contribution is 2.32. The summed E-state index contributed by atoms with van der Waals surface area (Å²) in [6.07, 6.45) is -2.74. The highest BCUT2D eigenvalue weighted by atomic mass is 16.7. The van der Waals surface area contributed by atoms with Gasteiger partial charge in [0.25, 0.3) is 6.29 Å². The minimum absolute atomic E-state index is 0.0247. The van der Waals surface area contributed by atoms with Crippen LogP contribution >= 0.6 is 0 Å². The maximum Gasteiger partial charge on any atom is 0.371 e. The molecule has 1 aromatic heterocycles. The van der Waals surface area contributed by atoms with E-state index in [0.717, 1.165) is 12.1 Å². The zero-order chi connectivity index (χ0) is 22.3. The van der Waals surface area contributed by atoms with Gasteiger partial charge in [0, 0.05) is 12.1 Å². The second-order valence-corrected chi connectivity index (χ2v) is 6.76. The molecule has 0 unspecified atom stereocenters. The lowest BCUT2D eigenvalue weighted by Crippen LogP contribution is -2.45. The topological polar surface area (TPSA) is 167 Å². The van der Waals surface area contributed by atoms with Crippen LogP contribution in [0.2, 0.25) is 0 Å². The first-order chi connectivity index (χ1) is 14.7. The van der Waals surface area contributed by atoms with Gasteiger partial charge >= 0.3 is 5.97 Å². The Bertz CT molecular complexity index is 1240. The predicted molar refractivity (Wildman–Crippen MR) is 104 cm³/mol. The Morgan fingerprint density at radius 1 is 1.06 bits per heavy atom. The van der Waals surface area contributed by atoms with E-state index in [-0.39, 0.29) is 28.0 Å². The summed E-state index contributed by atoms with van der Waals surface area (Å²) in [5.74, 6) is -2.64. The minimum atomic E-state index is -1.61. The summed E-state index contributed by atoms with van der Waals surface area (Å²) in [6.45, 7) is 0. The monoisotopic (exact) mass is 428 g/mol. The van der Waals surface area contributed by atoms with Crippen LogP contribution in [0.3, 0.4) is 0 Å². The van der Waals surface area contributed by atoms with Crippen LogP contribution in [0.25, 0.3) is 22.1 Å². The smallest absolute Gasteiger partial charge is 0.371 e. The zero-order valence-electron chi connectivity index (χ0n) is 15.6. The van der Waals surface area contributed by atoms with Crippen LogP contribution in [0.5, 0.6) is 17.2 Å². The van der Waals surface area contributed by atoms with Gasteiger partial charge in [-0.15, -0.1) is 0 Å². The number of carboxylic acid groups (broad SMARTS) is 1. The van der Waals surface area contributed by atoms with Crippen molar-refractivity contribution >= 4 is 16.9 Å². The molecule has 0 saturated carbocycles. The molecule has 4 rings (SSSR count). The number of aliphatic hydroxyl groups excluding tert-OH is 2. The van der Waals surface area contributed by atoms with Crippen molar-refractivity contribution in [3.8, 4) is 28.4 Å². The third kappa shape index (κ3) is 3.77. The number of aliphatic carboxylic acids is 1. The second-order valence-electron chi connectivity index (χ2n) is 6.76. The number of hydrogen-bond acceptors (Lipinski definition) is 9. The molecule has 31 heavy (non-hydrogen) atoms. The van der Waals surface area contributed by atoms with E-state index in [9.17, 15) is 30.0 Å². The molecule has 1 aliphatic heterocycles. The maximum atomic E-state index is 12.9. The summed E-state index contributed by atoms with van der Waals surface area (Å²) < 4.78 is 15.9. The number of aliphatic hydroxyl groups is 2. The lowest BCUT2D eigenvalue weighted by atomic mass is 10.0. The summed E-state index contributed by atoms with van der Waals surface area (Å²) in [6, 6.07) is 8.16. The van der Waals surface area contributed by atoms with E-state index in [4.69, 9.17) is 19.0 Å². The number of carboxylic acids is 1. The molecule has 3 atom stereocenters. The van der Waals surface area contributed by atoms with Crippen molar-refractivity contribution in [2.45, 2.75) is 18.5 Å². The van der Waals surface area contributed by atoms with Crippen LogP contribution < -0.4 is 10.2 Å². The summed E-state index contributed by atoms with van der Waals surface area (Å²) in [5, 5.41) is 48.5. The number of fused-ring (bicyclic) bond motifs is 1. The second kappa shape index (κ2) is 7.67. The van der Waals surface area contributed by atoms with Gasteiger partial charge in [-0.2, -0.15) is 0 Å². The van der Waals surface area contributed by atoms with Gasteiger partial charge < -0.3 is 39.4 Å². The number of aromatic hydroxyl groups is 2. The fraction of sp³-hybridized carbons (Fsp3) is 0.143. The Balaban J connectivity index is 1.69. The van der Waals surface area contributed by atoms with Crippen LogP contribution in [0.4, 0.5) is 0 Å². The van der Waals surface area contributed by atoms with Crippen LogP contribution in [0.15, 0.2) is 63.7 Å². The molecule has 0 amide bonds. The summed E-state index contributed by atoms with van der Waals surface area (Å²) >= 11 is 0. The van der Waals surface area contributed by atoms with E-state index in [0.29, 0.717) is 5.56 Å². The highest BCUT2D eigenvalue weighted by Gasteiger charge is 2.36. The van der Waals surface area contributed by atoms with Crippen molar-refractivity contribution < 1.29 is 44.2 Å². The van der Waals surface area contributed by atoms with Crippen LogP contribution in [0, 0.1) is 0 Å². The average molecular weight is 428 g/mol. The Labute approximate surface area is 173 Å². The highest BCUT2D eigenvalue weighted by molar-refractivity contribution is 5.88. The number of ether oxygens (including phenoxy) is 2. The van der Waals surface area contributed by atoms with Gasteiger partial charge in [-0.05, 0) is 23.8 Å². The predicted octanol–water partition coefficient (Wildman–Crippen LogP) is 1.30. The van der Waals surface area contributed by atoms with Gasteiger partial charge in [-0.1, -0.05) is 12.1 Å². The molecular weight excluding hydrogens is 412 g/mol. The van der Waals surface area contributed by atoms with E-state index in [2.05, 4.69) is 0 Å². The maximum absolute atomic E-state index is 12.9. The van der Waals surface area contributed by atoms with Gasteiger partial charge in [-0.25, -0.2) is 4.79 Å². The molecule has 1 aliphatic rings. The number of phenols is 2. The Morgan fingerprint density at radius 3 is 2.45 bits per heavy atom. The standard InChI is InChI=1S/C21H16O10/c22-10-3-1-9(2-4-10)12-8-29-15-6-11(5-13(23)17(15)18(12)25)30-21-19(26)14(24)7-16(31-21)20(27)28/h1-8,14,19,21-24,26H,(H,27,28)/t14-,19+,21-/m0/s1. The number of phenolic OH excluding ortho intramolecular Hbond substituents is 2. The number of hydrogen-bond donors (Lipinski definition) is 5. The minimum Gasteiger partial charge on any atom is -0.508 e. The average Bonchev–Trinajstić information content (AvgIpc) is 2.72. The van der Waals surface area contributed by atoms with Crippen molar-refractivity contribution in [1.82, 2.24) is 0 Å². The van der Waals surface area contributed by atoms with E-state index >= 15 is 0 Å². The third-order valence-electron chi connectivity index (χ3n) is 4.67. The molecule has 0 aliphatic carbocycles. The summed E-state index contributed by atoms with van der Waals surface area (Å²) in [4.78, 5) is 23.9. The van der Waals surface area contributed by atoms with Gasteiger partial charge in [0.05, 0.1) is 5.56 Å². The number of rotatable bonds is 4. The normalized spacial score (nSPS) is 20.7. The number of benzene rings is 2. The van der Waals surface area contributed by atoms with E-state index in [1.807, 2.05) is 0 Å². The third-order valence-corrected chi connectivity index (χ3v) is 4.67. The largest absolute Gasteiger partial charge is 0.508 e. The molecule has 5 N–H and O–H groups in total. The molecule has 10 heteroatoms. The summed E-state index contributed by atoms with van der Waals surface area (Å²) in [7, 11) is 0. The van der Waals surface area contributed by atoms with E-state index in [1.165, 1.54) is 36.6 Å². The van der Waals surface area contributed by atoms with Crippen molar-refractivity contribution in [1.29, 1.82) is 0 Å². The fourth-order valence-electron chi connectivity index (χ4n) is 3.11. The van der Waals surface area contributed by atoms with Crippen molar-refractivity contribution in [3.05, 3.63) is 64.7 Å². The molecule has 0 fully saturated rings. The fourth-order valence-corrected chi connectivity index (χ4v) is 3.11. The lowest BCUT2D eigenvalue weighted by molar-refractivity contribution is -0.172. The quantitative estimate of drug-likeness (QED) is 0.408. The van der Waals surface area contributed by atoms with Gasteiger partial charge in [0.2, 0.25) is 11.2 Å². The molecular formula is C21H16O10. The van der Waals surface area contributed by atoms with Crippen LogP contribution in [0.1, 0.15) is 0 Å². The van der Waals surface area contributed by atoms with Crippen molar-refractivity contribution in [2.75, 3.05) is 0 Å². The van der Waals surface area contributed by atoms with Crippen molar-refractivity contribution in [3.63, 3.8) is 0 Å². The Morgan fingerprint density at radius 2 is 1.77 bits per heavy atom. The van der Waals surface area contributed by atoms with Gasteiger partial charge in [0.1, 0.15) is 40.6 Å². The molecule has 0 saturated heterocycles. The van der Waals surface area contributed by atoms with Gasteiger partial charge in [-0.3, -0.25) is 4.79 Å². The molecule has 160 valence electrons. The van der Waals surface area contributed by atoms with Crippen LogP contribution in [-0.4, -0.2) is 50.0 Å². The van der Waals surface area contributed by atoms with E-state index in [1.54, 1.807) is 0 Å². The molecule has 0 spiro atoms. The van der Waals surface area contributed by atoms with Crippen molar-refractivity contribution in [2.24, 2.45) is 0 Å². The summed E-state index contributed by atoms with van der Waals surface area (Å²) in [5.41, 5.74) is 0.0505. The zero-order valence-corrected chi connectivity index (χ0v) is 15.6. The van der Waals surface area contributed by atoms with E-state index < -0.39 is 41.4 Å². The SMILES string of the molecule is O=C(O)C1=C[C@H](O)[C@@H](O)[C@@H](Oc2cc(O)c3c(=O)c(-c4ccc(O)cc4)coc3c2)O1. The number of carbonyl (C=O) groups is 1. The molecule has 2 heterocycles. The Kier molecular flexibility index (Phi) is 5.01. The first-order valence-electron chi connectivity index (χ1n) is 8.97. The van der Waals surface area contributed by atoms with Gasteiger partial charge in [0.15, 0.2) is 6.10 Å². The molecule has 0 bridgehead atoms.